The topological polar surface area (TPSA) is 324 Å². The van der Waals surface area contributed by atoms with Crippen molar-refractivity contribution in [1.29, 1.82) is 0 Å². The second-order valence-corrected chi connectivity index (χ2v) is 23.6. The molecule has 1 saturated carbocycles. The summed E-state index contributed by atoms with van der Waals surface area (Å²) >= 11 is 0. The van der Waals surface area contributed by atoms with Crippen LogP contribution in [0.4, 0.5) is 46.0 Å². The molecule has 486 valence electrons. The Bertz CT molecular complexity index is 3630. The Morgan fingerprint density at radius 1 is 0.435 bits per heavy atom. The number of carbonyl (C=O) groups excluding carboxylic acids is 4. The highest BCUT2D eigenvalue weighted by Crippen LogP contribution is 2.29. The number of nitrogens with zero attached hydrogens (tertiary/aromatic N) is 8. The molecule has 0 bridgehead atoms. The van der Waals surface area contributed by atoms with Crippen LogP contribution in [0.15, 0.2) is 122 Å². The van der Waals surface area contributed by atoms with Crippen LogP contribution in [0.25, 0.3) is 45.0 Å². The first-order valence-corrected chi connectivity index (χ1v) is 32.3. The molecule has 4 amide bonds. The molecule has 8 aromatic rings. The van der Waals surface area contributed by atoms with Gasteiger partial charge in [0.15, 0.2) is 23.3 Å². The molecular formula is C72H94N16O4. The van der Waals surface area contributed by atoms with E-state index in [1.165, 1.54) is 26.2 Å². The molecule has 1 aliphatic carbocycles. The van der Waals surface area contributed by atoms with Crippen molar-refractivity contribution in [3.63, 3.8) is 0 Å². The molecule has 1 fully saturated rings. The van der Waals surface area contributed by atoms with E-state index in [0.717, 1.165) is 144 Å². The third-order valence-corrected chi connectivity index (χ3v) is 15.1. The number of aromatic nitrogens is 8. The molecule has 4 heterocycles. The second-order valence-electron chi connectivity index (χ2n) is 23.6. The van der Waals surface area contributed by atoms with Crippen LogP contribution in [0.3, 0.4) is 0 Å². The molecule has 20 heteroatoms. The number of nitrogens with one attached hydrogen (secondary N) is 4. The lowest BCUT2D eigenvalue weighted by molar-refractivity contribution is -0.119. The predicted octanol–water partition coefficient (Wildman–Crippen LogP) is 14.5. The fourth-order valence-electron chi connectivity index (χ4n) is 9.93. The molecule has 20 nitrogen and oxygen atoms in total. The van der Waals surface area contributed by atoms with Gasteiger partial charge in [0.1, 0.15) is 0 Å². The largest absolute Gasteiger partial charge is 0.399 e. The summed E-state index contributed by atoms with van der Waals surface area (Å²) < 4.78 is 0. The van der Waals surface area contributed by atoms with Crippen LogP contribution in [0.5, 0.6) is 0 Å². The van der Waals surface area contributed by atoms with Gasteiger partial charge in [-0.3, -0.25) is 19.2 Å². The van der Waals surface area contributed by atoms with E-state index in [-0.39, 0.29) is 29.5 Å². The standard InChI is InChI=1S/C21H28N4O.2C18H24N4O.C15H18N4O/c1-2-6-18-21(25-20(26)13-15-7-4-3-5-8-15)23-14-19(24-18)16-9-11-17(22)12-10-16;1-4-5-15-18(22-17(23)10-12(2)3)20-11-16(21-15)13-6-8-14(19)9-7-13;1-4-6-15-17(22-18(23)12(3)5-2)20-11-16(21-15)13-7-9-14(19)10-8-13;1-3-4-13-15(18-10(2)20)17-9-14(19-13)11-5-7-12(16)8-6-11/h9-12,14-15H,2-8,13,22H2,1H3,(H,23,25,26);6-9,11-12H,4-5,10,19H2,1-3H3,(H,20,22,23);7-12H,4-6,19H2,1-3H3,(H,20,22,23);5-9H,3-4,16H2,1-2H3,(H,17,18,20). The van der Waals surface area contributed by atoms with Crippen LogP contribution in [-0.4, -0.2) is 63.5 Å². The van der Waals surface area contributed by atoms with E-state index in [2.05, 4.69) is 83.8 Å². The number of carbonyl (C=O) groups is 4. The van der Waals surface area contributed by atoms with E-state index in [1.54, 1.807) is 24.8 Å². The van der Waals surface area contributed by atoms with Crippen LogP contribution >= 0.6 is 0 Å². The van der Waals surface area contributed by atoms with Crippen molar-refractivity contribution in [2.24, 2.45) is 17.8 Å². The number of amides is 4. The second kappa shape index (κ2) is 36.8. The first-order valence-electron chi connectivity index (χ1n) is 32.3. The summed E-state index contributed by atoms with van der Waals surface area (Å²) in [6.07, 6.45) is 21.6. The molecule has 0 spiro atoms. The minimum atomic E-state index is -0.142. The first-order chi connectivity index (χ1) is 44.3. The molecule has 0 aliphatic heterocycles. The van der Waals surface area contributed by atoms with Crippen molar-refractivity contribution < 1.29 is 19.2 Å². The lowest BCUT2D eigenvalue weighted by atomic mass is 9.87. The van der Waals surface area contributed by atoms with Crippen LogP contribution < -0.4 is 44.2 Å². The van der Waals surface area contributed by atoms with Gasteiger partial charge in [0.2, 0.25) is 23.6 Å². The lowest BCUT2D eigenvalue weighted by Gasteiger charge is -2.21. The summed E-state index contributed by atoms with van der Waals surface area (Å²) in [5.74, 6) is 2.94. The fourth-order valence-corrected chi connectivity index (χ4v) is 9.93. The van der Waals surface area contributed by atoms with Crippen molar-refractivity contribution in [3.05, 3.63) is 145 Å². The maximum atomic E-state index is 12.4. The maximum Gasteiger partial charge on any atom is 0.228 e. The van der Waals surface area contributed by atoms with Crippen LogP contribution in [-0.2, 0) is 44.9 Å². The first kappa shape index (κ1) is 71.4. The Kier molecular flexibility index (Phi) is 28.6. The van der Waals surface area contributed by atoms with Crippen LogP contribution in [0.1, 0.15) is 162 Å². The third-order valence-electron chi connectivity index (χ3n) is 15.1. The lowest BCUT2D eigenvalue weighted by Crippen LogP contribution is -2.21. The molecule has 1 aliphatic rings. The maximum absolute atomic E-state index is 12.4. The van der Waals surface area contributed by atoms with E-state index in [9.17, 15) is 19.2 Å². The van der Waals surface area contributed by atoms with E-state index in [0.29, 0.717) is 65.0 Å². The van der Waals surface area contributed by atoms with Gasteiger partial charge in [-0.15, -0.1) is 0 Å². The van der Waals surface area contributed by atoms with Crippen molar-refractivity contribution in [2.75, 3.05) is 44.2 Å². The van der Waals surface area contributed by atoms with E-state index in [1.807, 2.05) is 125 Å². The summed E-state index contributed by atoms with van der Waals surface area (Å²) in [4.78, 5) is 84.0. The van der Waals surface area contributed by atoms with E-state index >= 15 is 0 Å². The van der Waals surface area contributed by atoms with Gasteiger partial charge < -0.3 is 44.2 Å². The zero-order valence-electron chi connectivity index (χ0n) is 55.1. The number of benzene rings is 4. The van der Waals surface area contributed by atoms with Crippen molar-refractivity contribution in [2.45, 2.75) is 165 Å². The Balaban J connectivity index is 0.000000196. The van der Waals surface area contributed by atoms with Gasteiger partial charge in [0.25, 0.3) is 0 Å². The highest BCUT2D eigenvalue weighted by molar-refractivity contribution is 5.93. The SMILES string of the molecule is CCCc1nc(-c2ccc(N)cc2)cnc1NC(=O)C(C)CC.CCCc1nc(-c2ccc(N)cc2)cnc1NC(=O)CC(C)C.CCCc1nc(-c2ccc(N)cc2)cnc1NC(=O)CC1CCCCC1.CCCc1nc(-c2ccc(N)cc2)cnc1NC(C)=O. The predicted molar refractivity (Wildman–Crippen MR) is 374 cm³/mol. The average molecular weight is 1250 g/mol. The van der Waals surface area contributed by atoms with Gasteiger partial charge in [-0.05, 0) is 105 Å². The molecular weight excluding hydrogens is 1150 g/mol. The normalized spacial score (nSPS) is 12.2. The number of aryl methyl sites for hydroxylation is 4. The summed E-state index contributed by atoms with van der Waals surface area (Å²) in [5.41, 5.74) is 36.0. The van der Waals surface area contributed by atoms with Gasteiger partial charge >= 0.3 is 0 Å². The van der Waals surface area contributed by atoms with Crippen LogP contribution in [0, 0.1) is 17.8 Å². The Hall–Kier alpha value is -9.72. The smallest absolute Gasteiger partial charge is 0.228 e. The Labute approximate surface area is 542 Å². The molecule has 92 heavy (non-hydrogen) atoms. The number of hydrogen-bond donors (Lipinski definition) is 8. The van der Waals surface area contributed by atoms with E-state index < -0.39 is 0 Å². The van der Waals surface area contributed by atoms with Gasteiger partial charge in [-0.1, -0.05) is 149 Å². The zero-order chi connectivity index (χ0) is 66.5. The molecule has 0 saturated heterocycles. The van der Waals surface area contributed by atoms with Crippen molar-refractivity contribution >= 4 is 69.6 Å². The summed E-state index contributed by atoms with van der Waals surface area (Å²) in [6.45, 7) is 17.7. The van der Waals surface area contributed by atoms with E-state index in [4.69, 9.17) is 27.9 Å². The van der Waals surface area contributed by atoms with Gasteiger partial charge in [-0.25, -0.2) is 39.9 Å². The van der Waals surface area contributed by atoms with Crippen molar-refractivity contribution in [1.82, 2.24) is 39.9 Å². The fraction of sp³-hybridized carbons (Fsp3) is 0.389. The average Bonchev–Trinajstić information content (AvgIpc) is 0.930. The molecule has 0 radical (unpaired) electrons. The quantitative estimate of drug-likeness (QED) is 0.0292. The number of nitrogen functional groups attached to an aromatic ring is 4. The minimum absolute atomic E-state index is 0.0145. The minimum Gasteiger partial charge on any atom is -0.399 e. The highest BCUT2D eigenvalue weighted by Gasteiger charge is 2.20. The van der Waals surface area contributed by atoms with Gasteiger partial charge in [0, 0.05) is 70.7 Å². The van der Waals surface area contributed by atoms with Gasteiger partial charge in [-0.2, -0.15) is 0 Å². The molecule has 1 atom stereocenters. The summed E-state index contributed by atoms with van der Waals surface area (Å²) in [5, 5.41) is 11.5. The number of hydrogen-bond acceptors (Lipinski definition) is 16. The Morgan fingerprint density at radius 3 is 1.03 bits per heavy atom. The number of rotatable bonds is 22. The van der Waals surface area contributed by atoms with Crippen molar-refractivity contribution in [3.8, 4) is 45.0 Å². The molecule has 4 aromatic carbocycles. The number of nitrogens with two attached hydrogens (primary N) is 4. The zero-order valence-corrected chi connectivity index (χ0v) is 55.1. The molecule has 12 N–H and O–H groups in total. The molecule has 1 unspecified atom stereocenters. The Morgan fingerprint density at radius 2 is 0.739 bits per heavy atom. The number of anilines is 8. The molecule has 4 aromatic heterocycles. The third kappa shape index (κ3) is 22.9. The molecule has 9 rings (SSSR count). The summed E-state index contributed by atoms with van der Waals surface area (Å²) in [6, 6.07) is 30.1. The van der Waals surface area contributed by atoms with Gasteiger partial charge in [0.05, 0.1) is 70.3 Å². The highest BCUT2D eigenvalue weighted by atomic mass is 16.2. The summed E-state index contributed by atoms with van der Waals surface area (Å²) in [7, 11) is 0. The monoisotopic (exact) mass is 1250 g/mol. The van der Waals surface area contributed by atoms with Crippen LogP contribution in [0.2, 0.25) is 0 Å².